The van der Waals surface area contributed by atoms with Crippen LogP contribution in [-0.2, 0) is 14.4 Å². The fourth-order valence-corrected chi connectivity index (χ4v) is 3.94. The van der Waals surface area contributed by atoms with Gasteiger partial charge in [-0.3, -0.25) is 14.4 Å². The van der Waals surface area contributed by atoms with Crippen LogP contribution >= 0.6 is 0 Å². The third-order valence-electron chi connectivity index (χ3n) is 5.50. The second-order valence-electron chi connectivity index (χ2n) is 9.08. The molecular formula is C22H31N3O3. The molecular weight excluding hydrogens is 354 g/mol. The molecule has 0 aromatic heterocycles. The molecule has 0 saturated carbocycles. The summed E-state index contributed by atoms with van der Waals surface area (Å²) in [4.78, 5) is 41.3. The van der Waals surface area contributed by atoms with Crippen molar-refractivity contribution in [1.29, 1.82) is 0 Å². The van der Waals surface area contributed by atoms with Gasteiger partial charge in [-0.15, -0.1) is 0 Å². The maximum Gasteiger partial charge on any atom is 0.228 e. The minimum absolute atomic E-state index is 0.00152. The highest BCUT2D eigenvalue weighted by molar-refractivity contribution is 6.00. The van der Waals surface area contributed by atoms with E-state index in [0.29, 0.717) is 32.5 Å². The quantitative estimate of drug-likeness (QED) is 0.869. The molecule has 3 amide bonds. The van der Waals surface area contributed by atoms with Crippen LogP contribution < -0.4 is 10.2 Å². The predicted molar refractivity (Wildman–Crippen MR) is 109 cm³/mol. The number of nitrogens with one attached hydrogen (secondary N) is 1. The van der Waals surface area contributed by atoms with Crippen LogP contribution in [0.2, 0.25) is 0 Å². The molecule has 2 aliphatic rings. The lowest BCUT2D eigenvalue weighted by Gasteiger charge is -2.34. The third kappa shape index (κ3) is 4.72. The summed E-state index contributed by atoms with van der Waals surface area (Å²) in [5.74, 6) is -0.230. The normalized spacial score (nSPS) is 21.1. The van der Waals surface area contributed by atoms with Crippen molar-refractivity contribution in [1.82, 2.24) is 10.2 Å². The van der Waals surface area contributed by atoms with Crippen LogP contribution in [0, 0.1) is 18.8 Å². The van der Waals surface area contributed by atoms with Crippen molar-refractivity contribution < 1.29 is 14.4 Å². The van der Waals surface area contributed by atoms with Gasteiger partial charge in [-0.25, -0.2) is 0 Å². The molecule has 1 atom stereocenters. The molecule has 2 fully saturated rings. The van der Waals surface area contributed by atoms with E-state index in [1.54, 1.807) is 4.90 Å². The summed E-state index contributed by atoms with van der Waals surface area (Å²) >= 11 is 0. The SMILES string of the molecule is Cc1ccc(N2C[C@H](C(=O)N3CCC(C(=O)NC(C)(C)C)CC3)CC2=O)cc1. The van der Waals surface area contributed by atoms with E-state index in [-0.39, 0.29) is 41.5 Å². The number of nitrogens with zero attached hydrogens (tertiary/aromatic N) is 2. The van der Waals surface area contributed by atoms with Crippen LogP contribution in [0.15, 0.2) is 24.3 Å². The first kappa shape index (κ1) is 20.4. The molecule has 6 nitrogen and oxygen atoms in total. The molecule has 2 heterocycles. The van der Waals surface area contributed by atoms with Crippen molar-refractivity contribution in [3.8, 4) is 0 Å². The lowest BCUT2D eigenvalue weighted by atomic mass is 9.93. The number of amides is 3. The number of likely N-dealkylation sites (tertiary alicyclic amines) is 1. The number of benzene rings is 1. The summed E-state index contributed by atoms with van der Waals surface area (Å²) in [7, 11) is 0. The monoisotopic (exact) mass is 385 g/mol. The number of anilines is 1. The van der Waals surface area contributed by atoms with Crippen molar-refractivity contribution in [2.45, 2.75) is 52.5 Å². The molecule has 0 bridgehead atoms. The largest absolute Gasteiger partial charge is 0.351 e. The van der Waals surface area contributed by atoms with Gasteiger partial charge in [0.2, 0.25) is 17.7 Å². The standard InChI is InChI=1S/C22H31N3O3/c1-15-5-7-18(8-6-15)25-14-17(13-19(25)26)21(28)24-11-9-16(10-12-24)20(27)23-22(2,3)4/h5-8,16-17H,9-14H2,1-4H3,(H,23,27)/t17-/m1/s1. The molecule has 6 heteroatoms. The maximum absolute atomic E-state index is 12.9. The van der Waals surface area contributed by atoms with Gasteiger partial charge in [0.1, 0.15) is 0 Å². The summed E-state index contributed by atoms with van der Waals surface area (Å²) in [6.45, 7) is 9.52. The van der Waals surface area contributed by atoms with Gasteiger partial charge >= 0.3 is 0 Å². The fraction of sp³-hybridized carbons (Fsp3) is 0.591. The molecule has 1 aromatic rings. The molecule has 0 aliphatic carbocycles. The Morgan fingerprint density at radius 1 is 1.04 bits per heavy atom. The zero-order valence-corrected chi connectivity index (χ0v) is 17.3. The number of carbonyl (C=O) groups excluding carboxylic acids is 3. The minimum atomic E-state index is -0.297. The number of rotatable bonds is 3. The molecule has 1 N–H and O–H groups in total. The van der Waals surface area contributed by atoms with Gasteiger partial charge in [0, 0.05) is 43.2 Å². The first-order valence-electron chi connectivity index (χ1n) is 10.1. The van der Waals surface area contributed by atoms with Crippen molar-refractivity contribution >= 4 is 23.4 Å². The van der Waals surface area contributed by atoms with E-state index < -0.39 is 0 Å². The summed E-state index contributed by atoms with van der Waals surface area (Å²) in [5, 5.41) is 3.03. The number of aryl methyl sites for hydroxylation is 1. The van der Waals surface area contributed by atoms with E-state index in [9.17, 15) is 14.4 Å². The second kappa shape index (κ2) is 7.94. The number of carbonyl (C=O) groups is 3. The lowest BCUT2D eigenvalue weighted by molar-refractivity contribution is -0.139. The Labute approximate surface area is 167 Å². The van der Waals surface area contributed by atoms with Gasteiger partial charge in [-0.2, -0.15) is 0 Å². The Balaban J connectivity index is 1.55. The minimum Gasteiger partial charge on any atom is -0.351 e. The molecule has 2 saturated heterocycles. The third-order valence-corrected chi connectivity index (χ3v) is 5.50. The van der Waals surface area contributed by atoms with Gasteiger partial charge < -0.3 is 15.1 Å². The van der Waals surface area contributed by atoms with Crippen molar-refractivity contribution in [3.63, 3.8) is 0 Å². The predicted octanol–water partition coefficient (Wildman–Crippen LogP) is 2.50. The Bertz CT molecular complexity index is 743. The second-order valence-corrected chi connectivity index (χ2v) is 9.08. The molecule has 28 heavy (non-hydrogen) atoms. The van der Waals surface area contributed by atoms with Crippen LogP contribution in [0.1, 0.15) is 45.6 Å². The number of hydrogen-bond donors (Lipinski definition) is 1. The van der Waals surface area contributed by atoms with E-state index in [0.717, 1.165) is 11.3 Å². The van der Waals surface area contributed by atoms with E-state index >= 15 is 0 Å². The molecule has 0 radical (unpaired) electrons. The maximum atomic E-state index is 12.9. The Morgan fingerprint density at radius 2 is 1.64 bits per heavy atom. The van der Waals surface area contributed by atoms with Crippen LogP contribution in [0.25, 0.3) is 0 Å². The van der Waals surface area contributed by atoms with Gasteiger partial charge in [-0.05, 0) is 52.7 Å². The summed E-state index contributed by atoms with van der Waals surface area (Å²) < 4.78 is 0. The molecule has 0 unspecified atom stereocenters. The molecule has 0 spiro atoms. The highest BCUT2D eigenvalue weighted by Gasteiger charge is 2.38. The summed E-state index contributed by atoms with van der Waals surface area (Å²) in [6, 6.07) is 7.81. The average molecular weight is 386 g/mol. The van der Waals surface area contributed by atoms with Gasteiger partial charge in [-0.1, -0.05) is 17.7 Å². The van der Waals surface area contributed by atoms with Gasteiger partial charge in [0.25, 0.3) is 0 Å². The average Bonchev–Trinajstić information content (AvgIpc) is 3.02. The van der Waals surface area contributed by atoms with E-state index in [4.69, 9.17) is 0 Å². The van der Waals surface area contributed by atoms with Crippen LogP contribution in [0.3, 0.4) is 0 Å². The van der Waals surface area contributed by atoms with E-state index in [2.05, 4.69) is 5.32 Å². The van der Waals surface area contributed by atoms with Crippen molar-refractivity contribution in [3.05, 3.63) is 29.8 Å². The molecule has 1 aromatic carbocycles. The van der Waals surface area contributed by atoms with Crippen molar-refractivity contribution in [2.75, 3.05) is 24.5 Å². The Morgan fingerprint density at radius 3 is 2.21 bits per heavy atom. The first-order valence-corrected chi connectivity index (χ1v) is 10.1. The Kier molecular flexibility index (Phi) is 5.77. The van der Waals surface area contributed by atoms with Gasteiger partial charge in [0.15, 0.2) is 0 Å². The highest BCUT2D eigenvalue weighted by Crippen LogP contribution is 2.28. The smallest absolute Gasteiger partial charge is 0.228 e. The lowest BCUT2D eigenvalue weighted by Crippen LogP contribution is -2.48. The molecule has 2 aliphatic heterocycles. The molecule has 3 rings (SSSR count). The van der Waals surface area contributed by atoms with Gasteiger partial charge in [0.05, 0.1) is 5.92 Å². The number of hydrogen-bond acceptors (Lipinski definition) is 3. The van der Waals surface area contributed by atoms with Crippen molar-refractivity contribution in [2.24, 2.45) is 11.8 Å². The highest BCUT2D eigenvalue weighted by atomic mass is 16.2. The van der Waals surface area contributed by atoms with Crippen LogP contribution in [0.4, 0.5) is 5.69 Å². The summed E-state index contributed by atoms with van der Waals surface area (Å²) in [5.41, 5.74) is 1.75. The van der Waals surface area contributed by atoms with Crippen LogP contribution in [-0.4, -0.2) is 47.8 Å². The zero-order valence-electron chi connectivity index (χ0n) is 17.3. The van der Waals surface area contributed by atoms with Crippen LogP contribution in [0.5, 0.6) is 0 Å². The fourth-order valence-electron chi connectivity index (χ4n) is 3.94. The first-order chi connectivity index (χ1) is 13.1. The Hall–Kier alpha value is -2.37. The topological polar surface area (TPSA) is 69.7 Å². The zero-order chi connectivity index (χ0) is 20.5. The van der Waals surface area contributed by atoms with E-state index in [1.807, 2.05) is 56.9 Å². The summed E-state index contributed by atoms with van der Waals surface area (Å²) in [6.07, 6.45) is 1.61. The molecule has 152 valence electrons. The number of piperidine rings is 1. The van der Waals surface area contributed by atoms with E-state index in [1.165, 1.54) is 0 Å².